The van der Waals surface area contributed by atoms with Crippen LogP contribution in [0.5, 0.6) is 0 Å². The molecule has 5 heteroatoms. The van der Waals surface area contributed by atoms with Crippen molar-refractivity contribution in [2.24, 2.45) is 0 Å². The summed E-state index contributed by atoms with van der Waals surface area (Å²) in [7, 11) is 0. The van der Waals surface area contributed by atoms with Gasteiger partial charge in [0.1, 0.15) is 0 Å². The van der Waals surface area contributed by atoms with Gasteiger partial charge in [0.05, 0.1) is 6.61 Å². The van der Waals surface area contributed by atoms with Gasteiger partial charge in [0.25, 0.3) is 5.91 Å². The van der Waals surface area contributed by atoms with Gasteiger partial charge in [0, 0.05) is 35.8 Å². The average molecular weight is 311 g/mol. The van der Waals surface area contributed by atoms with E-state index in [1.165, 1.54) is 0 Å². The monoisotopic (exact) mass is 310 g/mol. The Kier molecular flexibility index (Phi) is 6.03. The highest BCUT2D eigenvalue weighted by Gasteiger charge is 2.24. The molecule has 21 heavy (non-hydrogen) atoms. The molecule has 1 saturated heterocycles. The average Bonchev–Trinajstić information content (AvgIpc) is 2.53. The van der Waals surface area contributed by atoms with Crippen molar-refractivity contribution in [1.82, 2.24) is 10.2 Å². The number of halogens is 1. The Labute approximate surface area is 131 Å². The molecule has 1 fully saturated rings. The van der Waals surface area contributed by atoms with Gasteiger partial charge in [-0.05, 0) is 43.5 Å². The highest BCUT2D eigenvalue weighted by Crippen LogP contribution is 2.16. The first-order valence-corrected chi connectivity index (χ1v) is 7.93. The number of piperidine rings is 1. The van der Waals surface area contributed by atoms with Crippen LogP contribution in [0.1, 0.15) is 36.5 Å². The van der Waals surface area contributed by atoms with E-state index in [-0.39, 0.29) is 18.6 Å². The van der Waals surface area contributed by atoms with E-state index < -0.39 is 0 Å². The van der Waals surface area contributed by atoms with Gasteiger partial charge in [-0.1, -0.05) is 18.5 Å². The summed E-state index contributed by atoms with van der Waals surface area (Å²) in [4.78, 5) is 14.3. The topological polar surface area (TPSA) is 52.6 Å². The molecule has 1 aliphatic heterocycles. The Morgan fingerprint density at radius 1 is 1.38 bits per heavy atom. The summed E-state index contributed by atoms with van der Waals surface area (Å²) in [6, 6.07) is 7.58. The lowest BCUT2D eigenvalue weighted by molar-refractivity contribution is 0.0697. The molecule has 2 N–H and O–H groups in total. The van der Waals surface area contributed by atoms with Gasteiger partial charge < -0.3 is 15.3 Å². The molecular formula is C16H23ClN2O2. The van der Waals surface area contributed by atoms with Crippen molar-refractivity contribution >= 4 is 17.5 Å². The van der Waals surface area contributed by atoms with Gasteiger partial charge in [-0.3, -0.25) is 4.79 Å². The van der Waals surface area contributed by atoms with Crippen LogP contribution in [0, 0.1) is 0 Å². The Balaban J connectivity index is 1.86. The first kappa shape index (κ1) is 16.3. The zero-order chi connectivity index (χ0) is 15.2. The zero-order valence-corrected chi connectivity index (χ0v) is 13.1. The number of aliphatic hydroxyl groups is 1. The van der Waals surface area contributed by atoms with E-state index >= 15 is 0 Å². The molecule has 1 atom stereocenters. The van der Waals surface area contributed by atoms with Crippen LogP contribution >= 0.6 is 11.6 Å². The number of likely N-dealkylation sites (tertiary alicyclic amines) is 1. The zero-order valence-electron chi connectivity index (χ0n) is 12.4. The number of carbonyl (C=O) groups excluding carboxylic acids is 1. The third-order valence-electron chi connectivity index (χ3n) is 4.06. The molecular weight excluding hydrogens is 288 g/mol. The molecule has 2 rings (SSSR count). The predicted molar refractivity (Wildman–Crippen MR) is 84.7 cm³/mol. The second kappa shape index (κ2) is 7.78. The lowest BCUT2D eigenvalue weighted by atomic mass is 10.0. The van der Waals surface area contributed by atoms with E-state index in [9.17, 15) is 9.90 Å². The van der Waals surface area contributed by atoms with Crippen molar-refractivity contribution in [1.29, 1.82) is 0 Å². The minimum absolute atomic E-state index is 0.0688. The standard InChI is InChI=1S/C16H23ClN2O2/c1-2-14(11-20)18-15-7-9-19(10-8-15)16(21)12-3-5-13(17)6-4-12/h3-6,14-15,18,20H,2,7-11H2,1H3. The number of amides is 1. The van der Waals surface area contributed by atoms with E-state index in [1.54, 1.807) is 24.3 Å². The van der Waals surface area contributed by atoms with E-state index in [4.69, 9.17) is 11.6 Å². The number of aliphatic hydroxyl groups excluding tert-OH is 1. The van der Waals surface area contributed by atoms with Crippen LogP contribution in [0.3, 0.4) is 0 Å². The maximum Gasteiger partial charge on any atom is 0.253 e. The third-order valence-corrected chi connectivity index (χ3v) is 4.31. The highest BCUT2D eigenvalue weighted by molar-refractivity contribution is 6.30. The van der Waals surface area contributed by atoms with Crippen LogP contribution in [0.2, 0.25) is 5.02 Å². The first-order valence-electron chi connectivity index (χ1n) is 7.55. The Morgan fingerprint density at radius 2 is 2.00 bits per heavy atom. The lowest BCUT2D eigenvalue weighted by Gasteiger charge is -2.34. The van der Waals surface area contributed by atoms with E-state index in [0.717, 1.165) is 32.4 Å². The van der Waals surface area contributed by atoms with Crippen LogP contribution < -0.4 is 5.32 Å². The lowest BCUT2D eigenvalue weighted by Crippen LogP contribution is -2.48. The predicted octanol–water partition coefficient (Wildman–Crippen LogP) is 2.31. The van der Waals surface area contributed by atoms with Gasteiger partial charge in [0.2, 0.25) is 0 Å². The van der Waals surface area contributed by atoms with Crippen molar-refractivity contribution in [3.05, 3.63) is 34.9 Å². The fourth-order valence-electron chi connectivity index (χ4n) is 2.66. The Bertz CT molecular complexity index is 452. The summed E-state index contributed by atoms with van der Waals surface area (Å²) >= 11 is 5.84. The fourth-order valence-corrected chi connectivity index (χ4v) is 2.78. The molecule has 0 bridgehead atoms. The molecule has 116 valence electrons. The van der Waals surface area contributed by atoms with Crippen LogP contribution in [0.15, 0.2) is 24.3 Å². The van der Waals surface area contributed by atoms with Crippen molar-refractivity contribution in [3.63, 3.8) is 0 Å². The van der Waals surface area contributed by atoms with Gasteiger partial charge in [0.15, 0.2) is 0 Å². The summed E-state index contributed by atoms with van der Waals surface area (Å²) < 4.78 is 0. The molecule has 0 saturated carbocycles. The van der Waals surface area contributed by atoms with Crippen LogP contribution in [-0.4, -0.2) is 47.7 Å². The maximum absolute atomic E-state index is 12.4. The Morgan fingerprint density at radius 3 is 2.52 bits per heavy atom. The summed E-state index contributed by atoms with van der Waals surface area (Å²) in [5, 5.41) is 13.3. The van der Waals surface area contributed by atoms with Crippen molar-refractivity contribution in [2.75, 3.05) is 19.7 Å². The number of rotatable bonds is 5. The first-order chi connectivity index (χ1) is 10.1. The quantitative estimate of drug-likeness (QED) is 0.877. The van der Waals surface area contributed by atoms with Crippen LogP contribution in [0.4, 0.5) is 0 Å². The van der Waals surface area contributed by atoms with E-state index in [0.29, 0.717) is 16.6 Å². The van der Waals surface area contributed by atoms with Crippen molar-refractivity contribution < 1.29 is 9.90 Å². The molecule has 1 aromatic rings. The SMILES string of the molecule is CCC(CO)NC1CCN(C(=O)c2ccc(Cl)cc2)CC1. The highest BCUT2D eigenvalue weighted by atomic mass is 35.5. The maximum atomic E-state index is 12.4. The van der Waals surface area contributed by atoms with E-state index in [2.05, 4.69) is 12.2 Å². The van der Waals surface area contributed by atoms with Crippen LogP contribution in [0.25, 0.3) is 0 Å². The second-order valence-electron chi connectivity index (χ2n) is 5.53. The summed E-state index contributed by atoms with van der Waals surface area (Å²) in [6.45, 7) is 3.73. The summed E-state index contributed by atoms with van der Waals surface area (Å²) in [5.41, 5.74) is 0.688. The van der Waals surface area contributed by atoms with Gasteiger partial charge in [-0.2, -0.15) is 0 Å². The fraction of sp³-hybridized carbons (Fsp3) is 0.562. The van der Waals surface area contributed by atoms with Gasteiger partial charge >= 0.3 is 0 Å². The third kappa shape index (κ3) is 4.43. The smallest absolute Gasteiger partial charge is 0.253 e. The minimum atomic E-state index is 0.0688. The molecule has 1 amide bonds. The molecule has 0 spiro atoms. The molecule has 1 aromatic carbocycles. The molecule has 1 unspecified atom stereocenters. The largest absolute Gasteiger partial charge is 0.395 e. The normalized spacial score (nSPS) is 17.8. The molecule has 0 aliphatic carbocycles. The van der Waals surface area contributed by atoms with Crippen LogP contribution in [-0.2, 0) is 0 Å². The summed E-state index contributed by atoms with van der Waals surface area (Å²) in [6.07, 6.45) is 2.77. The number of hydrogen-bond acceptors (Lipinski definition) is 3. The van der Waals surface area contributed by atoms with Crippen molar-refractivity contribution in [3.8, 4) is 0 Å². The number of benzene rings is 1. The van der Waals surface area contributed by atoms with E-state index in [1.807, 2.05) is 4.90 Å². The number of nitrogens with one attached hydrogen (secondary N) is 1. The molecule has 0 radical (unpaired) electrons. The number of hydrogen-bond donors (Lipinski definition) is 2. The molecule has 0 aromatic heterocycles. The Hall–Kier alpha value is -1.10. The van der Waals surface area contributed by atoms with Gasteiger partial charge in [-0.15, -0.1) is 0 Å². The minimum Gasteiger partial charge on any atom is -0.395 e. The van der Waals surface area contributed by atoms with Crippen molar-refractivity contribution in [2.45, 2.75) is 38.3 Å². The number of nitrogens with zero attached hydrogens (tertiary/aromatic N) is 1. The second-order valence-corrected chi connectivity index (χ2v) is 5.96. The molecule has 4 nitrogen and oxygen atoms in total. The molecule has 1 aliphatic rings. The molecule has 1 heterocycles. The summed E-state index contributed by atoms with van der Waals surface area (Å²) in [5.74, 6) is 0.0688. The van der Waals surface area contributed by atoms with Gasteiger partial charge in [-0.25, -0.2) is 0 Å². The number of carbonyl (C=O) groups is 1.